The Morgan fingerprint density at radius 2 is 1.51 bits per heavy atom. The molecule has 6 aromatic rings. The zero-order chi connectivity index (χ0) is 61.2. The van der Waals surface area contributed by atoms with Gasteiger partial charge in [-0.3, -0.25) is 34.0 Å². The van der Waals surface area contributed by atoms with Crippen molar-refractivity contribution < 1.29 is 43.2 Å². The van der Waals surface area contributed by atoms with Crippen LogP contribution in [0.5, 0.6) is 11.5 Å². The van der Waals surface area contributed by atoms with Gasteiger partial charge in [-0.2, -0.15) is 0 Å². The molecule has 89 heavy (non-hydrogen) atoms. The van der Waals surface area contributed by atoms with Crippen LogP contribution in [0, 0.1) is 12.8 Å². The Labute approximate surface area is 525 Å². The van der Waals surface area contributed by atoms with Crippen molar-refractivity contribution in [2.75, 3.05) is 117 Å². The van der Waals surface area contributed by atoms with E-state index in [9.17, 15) is 19.5 Å². The molecule has 0 unspecified atom stereocenters. The molecular formula is C68H83N11O9S. The van der Waals surface area contributed by atoms with Crippen LogP contribution in [0.3, 0.4) is 0 Å². The van der Waals surface area contributed by atoms with Gasteiger partial charge in [0.2, 0.25) is 17.8 Å². The third-order valence-electron chi connectivity index (χ3n) is 18.1. The molecular weight excluding hydrogens is 1150 g/mol. The van der Waals surface area contributed by atoms with Crippen molar-refractivity contribution in [3.05, 3.63) is 148 Å². The fraction of sp³-hybridized carbons (Fsp3) is 0.471. The summed E-state index contributed by atoms with van der Waals surface area (Å²) in [6, 6.07) is 29.0. The highest BCUT2D eigenvalue weighted by Crippen LogP contribution is 2.35. The van der Waals surface area contributed by atoms with E-state index in [1.54, 1.807) is 28.5 Å². The lowest BCUT2D eigenvalue weighted by Crippen LogP contribution is -2.55. The number of hydrogen-bond donors (Lipinski definition) is 3. The summed E-state index contributed by atoms with van der Waals surface area (Å²) in [5.41, 5.74) is 10.8. The van der Waals surface area contributed by atoms with Crippen LogP contribution in [0.1, 0.15) is 65.0 Å². The Bertz CT molecular complexity index is 3450. The van der Waals surface area contributed by atoms with Crippen LogP contribution in [0.2, 0.25) is 0 Å². The number of anilines is 2. The summed E-state index contributed by atoms with van der Waals surface area (Å²) in [5, 5.41) is 17.3. The third-order valence-corrected chi connectivity index (χ3v) is 19.1. The van der Waals surface area contributed by atoms with Gasteiger partial charge in [-0.1, -0.05) is 74.5 Å². The number of likely N-dealkylation sites (tertiary alicyclic amines) is 3. The predicted molar refractivity (Wildman–Crippen MR) is 341 cm³/mol. The fourth-order valence-corrected chi connectivity index (χ4v) is 14.1. The average molecular weight is 1230 g/mol. The second-order valence-corrected chi connectivity index (χ2v) is 25.3. The van der Waals surface area contributed by atoms with Gasteiger partial charge in [0.1, 0.15) is 36.8 Å². The van der Waals surface area contributed by atoms with Crippen molar-refractivity contribution in [3.8, 4) is 33.2 Å². The number of hydrogen-bond acceptors (Lipinski definition) is 18. The van der Waals surface area contributed by atoms with Gasteiger partial charge in [0, 0.05) is 138 Å². The minimum absolute atomic E-state index is 0.0201. The predicted octanol–water partition coefficient (Wildman–Crippen LogP) is 7.03. The molecule has 6 aliphatic rings. The molecule has 4 aromatic carbocycles. The molecule has 3 N–H and O–H groups in total. The molecule has 4 fully saturated rings. The lowest BCUT2D eigenvalue weighted by atomic mass is 10.0. The van der Waals surface area contributed by atoms with Gasteiger partial charge < -0.3 is 49.2 Å². The summed E-state index contributed by atoms with van der Waals surface area (Å²) >= 11 is 1.58. The number of aryl methyl sites for hydroxylation is 1. The zero-order valence-corrected chi connectivity index (χ0v) is 52.2. The molecule has 2 aromatic heterocycles. The number of ether oxygens (including phenoxy) is 5. The third kappa shape index (κ3) is 15.2. The van der Waals surface area contributed by atoms with Crippen LogP contribution in [-0.2, 0) is 50.1 Å². The molecule has 8 heterocycles. The summed E-state index contributed by atoms with van der Waals surface area (Å²) < 4.78 is 31.3. The maximum atomic E-state index is 14.4. The van der Waals surface area contributed by atoms with Crippen LogP contribution in [0.4, 0.5) is 11.6 Å². The number of benzene rings is 4. The Balaban J connectivity index is 0.560. The zero-order valence-electron chi connectivity index (χ0n) is 51.3. The van der Waals surface area contributed by atoms with Crippen LogP contribution < -0.4 is 20.1 Å². The molecule has 3 amide bonds. The Morgan fingerprint density at radius 1 is 0.764 bits per heavy atom. The van der Waals surface area contributed by atoms with Crippen molar-refractivity contribution in [2.45, 2.75) is 90.2 Å². The number of nitrogens with zero attached hydrogens (tertiary/aromatic N) is 9. The van der Waals surface area contributed by atoms with Gasteiger partial charge >= 0.3 is 0 Å². The lowest BCUT2D eigenvalue weighted by Gasteiger charge is -2.35. The molecule has 12 rings (SSSR count). The number of aliphatic hydroxyl groups is 1. The van der Waals surface area contributed by atoms with Gasteiger partial charge in [0.15, 0.2) is 0 Å². The smallest absolute Gasteiger partial charge is 0.255 e. The van der Waals surface area contributed by atoms with E-state index in [0.29, 0.717) is 88.7 Å². The van der Waals surface area contributed by atoms with E-state index in [1.807, 2.05) is 99.1 Å². The molecule has 0 spiro atoms. The van der Waals surface area contributed by atoms with Crippen LogP contribution in [-0.4, -0.2) is 209 Å². The number of rotatable bonds is 21. The molecule has 470 valence electrons. The quantitative estimate of drug-likeness (QED) is 0.0490. The monoisotopic (exact) mass is 1230 g/mol. The second kappa shape index (κ2) is 29.2. The Hall–Kier alpha value is -7.18. The topological polar surface area (TPSA) is 200 Å². The Morgan fingerprint density at radius 3 is 2.27 bits per heavy atom. The number of aliphatic hydroxyl groups excluding tert-OH is 1. The maximum Gasteiger partial charge on any atom is 0.255 e. The molecule has 6 aliphatic heterocycles. The first-order valence-electron chi connectivity index (χ1n) is 31.6. The average Bonchev–Trinajstić information content (AvgIpc) is 3.92. The minimum atomic E-state index is -0.887. The van der Waals surface area contributed by atoms with Crippen molar-refractivity contribution in [2.24, 2.45) is 5.92 Å². The number of amides is 3. The fourth-order valence-electron chi connectivity index (χ4n) is 13.3. The largest absolute Gasteiger partial charge is 0.492 e. The molecule has 0 radical (unpaired) electrons. The number of β-amino-alcohol motifs (C(OH)–C–C–N with tert-alkyl or cyclic N) is 1. The lowest BCUT2D eigenvalue weighted by molar-refractivity contribution is -0.143. The van der Waals surface area contributed by atoms with Crippen LogP contribution in [0.25, 0.3) is 21.7 Å². The van der Waals surface area contributed by atoms with Crippen molar-refractivity contribution in [1.82, 2.24) is 49.7 Å². The number of piperazine rings is 2. The van der Waals surface area contributed by atoms with E-state index in [2.05, 4.69) is 64.5 Å². The summed E-state index contributed by atoms with van der Waals surface area (Å²) in [4.78, 5) is 70.1. The molecule has 20 nitrogen and oxygen atoms in total. The highest BCUT2D eigenvalue weighted by atomic mass is 32.1. The molecule has 4 saturated heterocycles. The highest BCUT2D eigenvalue weighted by Gasteiger charge is 2.46. The van der Waals surface area contributed by atoms with Crippen molar-refractivity contribution in [3.63, 3.8) is 0 Å². The van der Waals surface area contributed by atoms with E-state index < -0.39 is 18.2 Å². The molecule has 0 aliphatic carbocycles. The van der Waals surface area contributed by atoms with Crippen LogP contribution in [0.15, 0.2) is 115 Å². The number of aromatic nitrogens is 3. The number of carbonyl (C=O) groups is 3. The standard InChI is InChI=1S/C68H83N11O9S/c1-46(2)63(79-39-52-10-4-5-12-58(52)66(79)82)67(83)78-42-57(80)37-60(78)65(81)70-38-51-14-13-50(64-47(3)71-45-89-64)35-62(51)88-32-26-77-41-55-36-56(77)40-76(55)25-30-84-29-23-74-19-21-75(22-20-74)24-31-87-61-16-15-54-34-53(61)44-86-28-7-6-27-85-43-48-9-8-11-49(33-48)59-17-18-69-68(72-54)73-59/h4-18,33-35,45-46,55-57,60,63,80H,19-32,36-44H2,1-3H3,(H,70,81)(H,69,72,73)/b7-6+/t55-,56-,57+,60-,63-/m0/s1. The summed E-state index contributed by atoms with van der Waals surface area (Å²) in [7, 11) is 0. The van der Waals surface area contributed by atoms with E-state index in [1.165, 1.54) is 4.90 Å². The van der Waals surface area contributed by atoms with Gasteiger partial charge in [-0.15, -0.1) is 11.3 Å². The van der Waals surface area contributed by atoms with Crippen LogP contribution >= 0.6 is 11.3 Å². The normalized spacial score (nSPS) is 21.6. The number of fused-ring (bicyclic) bond motifs is 10. The van der Waals surface area contributed by atoms with Gasteiger partial charge in [0.05, 0.1) is 67.5 Å². The molecule has 5 atom stereocenters. The van der Waals surface area contributed by atoms with E-state index in [0.717, 1.165) is 133 Å². The van der Waals surface area contributed by atoms with Crippen molar-refractivity contribution in [1.29, 1.82) is 0 Å². The highest BCUT2D eigenvalue weighted by molar-refractivity contribution is 7.13. The summed E-state index contributed by atoms with van der Waals surface area (Å²) in [6.07, 6.45) is 6.14. The van der Waals surface area contributed by atoms with E-state index >= 15 is 0 Å². The van der Waals surface area contributed by atoms with Gasteiger partial charge in [-0.25, -0.2) is 15.0 Å². The molecule has 21 heteroatoms. The first-order chi connectivity index (χ1) is 43.5. The molecule has 8 bridgehead atoms. The summed E-state index contributed by atoms with van der Waals surface area (Å²) in [6.45, 7) is 20.1. The number of nitrogens with one attached hydrogen (secondary N) is 2. The minimum Gasteiger partial charge on any atom is -0.492 e. The first-order valence-corrected chi connectivity index (χ1v) is 32.4. The van der Waals surface area contributed by atoms with E-state index in [-0.39, 0.29) is 43.1 Å². The van der Waals surface area contributed by atoms with Crippen molar-refractivity contribution >= 4 is 40.7 Å². The van der Waals surface area contributed by atoms with Gasteiger partial charge in [-0.05, 0) is 78.4 Å². The number of thiazole rings is 1. The first kappa shape index (κ1) is 62.0. The Kier molecular flexibility index (Phi) is 20.3. The second-order valence-electron chi connectivity index (χ2n) is 24.4. The number of carbonyl (C=O) groups excluding carboxylic acids is 3. The molecule has 0 saturated carbocycles. The SMILES string of the molecule is Cc1ncsc1-c1ccc(CNC(=O)[C@@H]2C[C@@H](O)CN2C(=O)[C@H](C(C)C)N2Cc3ccccc3C2=O)c(OCCN2C[C@@H]3C[C@H]2CN3CCOCCN2CCN(CCOc3ccc4cc3COC/C=C/COCc3cccc(c3)-c3ccnc(n3)N4)CC2)c1. The van der Waals surface area contributed by atoms with E-state index in [4.69, 9.17) is 28.7 Å². The summed E-state index contributed by atoms with van der Waals surface area (Å²) in [5.74, 6) is 0.904. The van der Waals surface area contributed by atoms with Gasteiger partial charge in [0.25, 0.3) is 5.91 Å². The maximum absolute atomic E-state index is 14.4.